The van der Waals surface area contributed by atoms with Gasteiger partial charge in [0.25, 0.3) is 5.91 Å². The van der Waals surface area contributed by atoms with Crippen molar-refractivity contribution in [3.8, 4) is 0 Å². The Morgan fingerprint density at radius 2 is 1.92 bits per heavy atom. The number of sulfonamides is 1. The number of amides is 1. The van der Waals surface area contributed by atoms with Crippen molar-refractivity contribution in [2.24, 2.45) is 0 Å². The van der Waals surface area contributed by atoms with E-state index in [9.17, 15) is 13.2 Å². The lowest BCUT2D eigenvalue weighted by Crippen LogP contribution is -2.25. The number of carbonyl (C=O) groups is 1. The quantitative estimate of drug-likeness (QED) is 0.639. The average molecular weight is 453 g/mol. The summed E-state index contributed by atoms with van der Waals surface area (Å²) < 4.78 is 27.5. The molecule has 0 radical (unpaired) electrons. The minimum absolute atomic E-state index is 0.0659. The molecule has 0 aliphatic rings. The molecule has 5 nitrogen and oxygen atoms in total. The van der Waals surface area contributed by atoms with Crippen LogP contribution in [0.2, 0.25) is 0 Å². The van der Waals surface area contributed by atoms with Gasteiger partial charge in [0.15, 0.2) is 0 Å². The van der Waals surface area contributed by atoms with Crippen molar-refractivity contribution in [3.63, 3.8) is 0 Å². The van der Waals surface area contributed by atoms with Crippen LogP contribution in [0.3, 0.4) is 0 Å². The summed E-state index contributed by atoms with van der Waals surface area (Å²) in [7, 11) is -0.733. The summed E-state index contributed by atoms with van der Waals surface area (Å²) >= 11 is 4.88. The van der Waals surface area contributed by atoms with Crippen LogP contribution < -0.4 is 5.32 Å². The van der Waals surface area contributed by atoms with E-state index in [1.807, 2.05) is 29.6 Å². The van der Waals surface area contributed by atoms with Crippen molar-refractivity contribution < 1.29 is 13.2 Å². The van der Waals surface area contributed by atoms with Gasteiger partial charge in [0.1, 0.15) is 0 Å². The molecule has 0 fully saturated rings. The van der Waals surface area contributed by atoms with Gasteiger partial charge in [-0.2, -0.15) is 0 Å². The Balaban J connectivity index is 1.82. The van der Waals surface area contributed by atoms with E-state index >= 15 is 0 Å². The molecule has 1 aromatic heterocycles. The normalized spacial score (nSPS) is 11.8. The van der Waals surface area contributed by atoms with Crippen molar-refractivity contribution in [1.29, 1.82) is 0 Å². The summed E-state index contributed by atoms with van der Waals surface area (Å²) in [6.07, 6.45) is 0. The highest BCUT2D eigenvalue weighted by Crippen LogP contribution is 2.27. The van der Waals surface area contributed by atoms with E-state index in [1.54, 1.807) is 23.5 Å². The highest BCUT2D eigenvalue weighted by atomic mass is 79.9. The van der Waals surface area contributed by atoms with Gasteiger partial charge in [0, 0.05) is 35.4 Å². The van der Waals surface area contributed by atoms with E-state index in [4.69, 9.17) is 0 Å². The Labute approximate surface area is 164 Å². The van der Waals surface area contributed by atoms with Crippen LogP contribution >= 0.6 is 27.3 Å². The largest absolute Gasteiger partial charge is 0.348 e. The van der Waals surface area contributed by atoms with Gasteiger partial charge in [0.05, 0.1) is 4.90 Å². The molecule has 26 heavy (non-hydrogen) atoms. The fourth-order valence-corrected chi connectivity index (χ4v) is 5.29. The SMILES string of the molecule is CN(C)S(=O)(=O)c1cc(C(=O)NCc2csc3ccccc23)ccc1Br. The Hall–Kier alpha value is -1.74. The first-order valence-electron chi connectivity index (χ1n) is 7.76. The van der Waals surface area contributed by atoms with E-state index in [0.29, 0.717) is 16.6 Å². The Kier molecular flexibility index (Phi) is 5.47. The first-order valence-corrected chi connectivity index (χ1v) is 10.9. The summed E-state index contributed by atoms with van der Waals surface area (Å²) in [6, 6.07) is 12.6. The number of rotatable bonds is 5. The zero-order valence-corrected chi connectivity index (χ0v) is 17.4. The van der Waals surface area contributed by atoms with Gasteiger partial charge in [-0.3, -0.25) is 4.79 Å². The third-order valence-electron chi connectivity index (χ3n) is 3.95. The number of nitrogens with zero attached hydrogens (tertiary/aromatic N) is 1. The second-order valence-electron chi connectivity index (χ2n) is 5.87. The maximum atomic E-state index is 12.5. The second-order valence-corrected chi connectivity index (χ2v) is 9.76. The number of nitrogens with one attached hydrogen (secondary N) is 1. The number of hydrogen-bond acceptors (Lipinski definition) is 4. The molecule has 0 saturated heterocycles. The summed E-state index contributed by atoms with van der Waals surface area (Å²) in [6.45, 7) is 0.384. The van der Waals surface area contributed by atoms with E-state index in [1.165, 1.54) is 24.9 Å². The van der Waals surface area contributed by atoms with Gasteiger partial charge >= 0.3 is 0 Å². The molecule has 0 aliphatic heterocycles. The molecule has 1 N–H and O–H groups in total. The Bertz CT molecular complexity index is 1070. The highest BCUT2D eigenvalue weighted by Gasteiger charge is 2.22. The molecule has 1 amide bonds. The van der Waals surface area contributed by atoms with Crippen LogP contribution in [0.5, 0.6) is 0 Å². The third-order valence-corrected chi connectivity index (χ3v) is 7.77. The zero-order valence-electron chi connectivity index (χ0n) is 14.2. The number of thiophene rings is 1. The summed E-state index contributed by atoms with van der Waals surface area (Å²) in [5, 5.41) is 6.00. The lowest BCUT2D eigenvalue weighted by molar-refractivity contribution is 0.0951. The zero-order chi connectivity index (χ0) is 18.9. The van der Waals surface area contributed by atoms with Crippen LogP contribution in [0.4, 0.5) is 0 Å². The number of carbonyl (C=O) groups excluding carboxylic acids is 1. The highest BCUT2D eigenvalue weighted by molar-refractivity contribution is 9.10. The van der Waals surface area contributed by atoms with Crippen molar-refractivity contribution in [3.05, 3.63) is 63.4 Å². The summed E-state index contributed by atoms with van der Waals surface area (Å²) in [5.74, 6) is -0.317. The van der Waals surface area contributed by atoms with Crippen LogP contribution in [-0.2, 0) is 16.6 Å². The molecule has 0 atom stereocenters. The number of benzene rings is 2. The molecular formula is C18H17BrN2O3S2. The first kappa shape index (κ1) is 19.0. The maximum Gasteiger partial charge on any atom is 0.251 e. The fourth-order valence-electron chi connectivity index (χ4n) is 2.49. The molecule has 0 bridgehead atoms. The minimum Gasteiger partial charge on any atom is -0.348 e. The maximum absolute atomic E-state index is 12.5. The van der Waals surface area contributed by atoms with E-state index in [2.05, 4.69) is 21.2 Å². The van der Waals surface area contributed by atoms with Crippen molar-refractivity contribution in [1.82, 2.24) is 9.62 Å². The summed E-state index contributed by atoms with van der Waals surface area (Å²) in [5.41, 5.74) is 1.34. The molecular weight excluding hydrogens is 436 g/mol. The van der Waals surface area contributed by atoms with Crippen LogP contribution in [0, 0.1) is 0 Å². The van der Waals surface area contributed by atoms with Crippen LogP contribution in [0.1, 0.15) is 15.9 Å². The van der Waals surface area contributed by atoms with Crippen LogP contribution in [0.15, 0.2) is 57.2 Å². The third kappa shape index (κ3) is 3.68. The molecule has 2 aromatic carbocycles. The molecule has 3 aromatic rings. The van der Waals surface area contributed by atoms with Crippen LogP contribution in [-0.4, -0.2) is 32.7 Å². The predicted octanol–water partition coefficient (Wildman–Crippen LogP) is 3.84. The van der Waals surface area contributed by atoms with Gasteiger partial charge in [-0.1, -0.05) is 18.2 Å². The molecule has 8 heteroatoms. The van der Waals surface area contributed by atoms with Gasteiger partial charge in [-0.25, -0.2) is 12.7 Å². The fraction of sp³-hybridized carbons (Fsp3) is 0.167. The number of hydrogen-bond donors (Lipinski definition) is 1. The molecule has 0 aliphatic carbocycles. The smallest absolute Gasteiger partial charge is 0.251 e. The summed E-state index contributed by atoms with van der Waals surface area (Å²) in [4.78, 5) is 12.6. The van der Waals surface area contributed by atoms with Gasteiger partial charge in [-0.05, 0) is 56.5 Å². The Morgan fingerprint density at radius 1 is 1.19 bits per heavy atom. The van der Waals surface area contributed by atoms with Crippen LogP contribution in [0.25, 0.3) is 10.1 Å². The molecule has 0 spiro atoms. The van der Waals surface area contributed by atoms with Crippen molar-refractivity contribution in [2.45, 2.75) is 11.4 Å². The number of fused-ring (bicyclic) bond motifs is 1. The van der Waals surface area contributed by atoms with Gasteiger partial charge < -0.3 is 5.32 Å². The Morgan fingerprint density at radius 3 is 2.65 bits per heavy atom. The van der Waals surface area contributed by atoms with E-state index in [-0.39, 0.29) is 10.8 Å². The van der Waals surface area contributed by atoms with E-state index in [0.717, 1.165) is 15.3 Å². The van der Waals surface area contributed by atoms with Crippen molar-refractivity contribution in [2.75, 3.05) is 14.1 Å². The lowest BCUT2D eigenvalue weighted by atomic mass is 10.1. The monoisotopic (exact) mass is 452 g/mol. The number of halogens is 1. The average Bonchev–Trinajstić information content (AvgIpc) is 3.03. The van der Waals surface area contributed by atoms with Gasteiger partial charge in [-0.15, -0.1) is 11.3 Å². The topological polar surface area (TPSA) is 66.5 Å². The molecule has 136 valence electrons. The molecule has 0 saturated carbocycles. The van der Waals surface area contributed by atoms with E-state index < -0.39 is 10.0 Å². The molecule has 0 unspecified atom stereocenters. The molecule has 3 rings (SSSR count). The van der Waals surface area contributed by atoms with Crippen molar-refractivity contribution >= 4 is 53.3 Å². The standard InChI is InChI=1S/C18H17BrN2O3S2/c1-21(2)26(23,24)17-9-12(7-8-15(17)19)18(22)20-10-13-11-25-16-6-4-3-5-14(13)16/h3-9,11H,10H2,1-2H3,(H,20,22). The first-order chi connectivity index (χ1) is 12.3. The minimum atomic E-state index is -3.64. The van der Waals surface area contributed by atoms with Gasteiger partial charge in [0.2, 0.25) is 10.0 Å². The molecule has 1 heterocycles. The lowest BCUT2D eigenvalue weighted by Gasteiger charge is -2.14. The predicted molar refractivity (Wildman–Crippen MR) is 108 cm³/mol. The second kappa shape index (κ2) is 7.48.